The highest BCUT2D eigenvalue weighted by atomic mass is 32.1. The highest BCUT2D eigenvalue weighted by Crippen LogP contribution is 2.34. The Morgan fingerprint density at radius 2 is 1.80 bits per heavy atom. The van der Waals surface area contributed by atoms with Gasteiger partial charge >= 0.3 is 0 Å². The Morgan fingerprint density at radius 1 is 1.07 bits per heavy atom. The van der Waals surface area contributed by atoms with Crippen molar-refractivity contribution in [3.8, 4) is 5.18 Å². The lowest BCUT2D eigenvalue weighted by Crippen LogP contribution is -2.53. The third-order valence-corrected chi connectivity index (χ3v) is 8.39. The van der Waals surface area contributed by atoms with E-state index >= 15 is 0 Å². The van der Waals surface area contributed by atoms with Crippen LogP contribution in [0.4, 0.5) is 0 Å². The van der Waals surface area contributed by atoms with E-state index in [9.17, 15) is 20.1 Å². The molecule has 1 amide bonds. The zero-order chi connectivity index (χ0) is 28.6. The normalized spacial score (nSPS) is 24.5. The first-order valence-corrected chi connectivity index (χ1v) is 15.6. The average Bonchev–Trinajstić information content (AvgIpc) is 3.75. The van der Waals surface area contributed by atoms with Gasteiger partial charge in [0.1, 0.15) is 30.5 Å². The van der Waals surface area contributed by atoms with Crippen LogP contribution in [-0.2, 0) is 22.4 Å². The van der Waals surface area contributed by atoms with Crippen LogP contribution in [0.25, 0.3) is 0 Å². The van der Waals surface area contributed by atoms with Crippen LogP contribution in [-0.4, -0.2) is 83.5 Å². The number of nitrogens with zero attached hydrogens (tertiary/aromatic N) is 1. The molecule has 8 heteroatoms. The number of carbonyl (C=O) groups is 1. The number of nitrogens with one attached hydrogen (secondary N) is 1. The fourth-order valence-corrected chi connectivity index (χ4v) is 5.66. The van der Waals surface area contributed by atoms with Crippen molar-refractivity contribution in [1.82, 2.24) is 10.2 Å². The van der Waals surface area contributed by atoms with E-state index in [1.54, 1.807) is 0 Å². The van der Waals surface area contributed by atoms with Gasteiger partial charge < -0.3 is 30.3 Å². The molecule has 2 aromatic rings. The molecule has 1 heterocycles. The van der Waals surface area contributed by atoms with Gasteiger partial charge in [0.15, 0.2) is 0 Å². The van der Waals surface area contributed by atoms with Gasteiger partial charge in [-0.25, -0.2) is 0 Å². The number of benzene rings is 2. The molecule has 7 nitrogen and oxygen atoms in total. The van der Waals surface area contributed by atoms with Crippen molar-refractivity contribution in [2.75, 3.05) is 32.9 Å². The monoisotopic (exact) mass is 568 g/mol. The van der Waals surface area contributed by atoms with Crippen LogP contribution in [0.15, 0.2) is 42.5 Å². The Balaban J connectivity index is 1.27. The minimum absolute atomic E-state index is 0.122. The van der Waals surface area contributed by atoms with Gasteiger partial charge in [-0.05, 0) is 79.8 Å². The summed E-state index contributed by atoms with van der Waals surface area (Å²) >= 11 is 1.28. The predicted molar refractivity (Wildman–Crippen MR) is 160 cm³/mol. The van der Waals surface area contributed by atoms with Crippen LogP contribution in [0.2, 0.25) is 0 Å². The largest absolute Gasteiger partial charge is 0.387 e. The molecular weight excluding hydrogens is 524 g/mol. The van der Waals surface area contributed by atoms with Gasteiger partial charge in [-0.2, -0.15) is 0 Å². The van der Waals surface area contributed by atoms with Gasteiger partial charge in [-0.15, -0.1) is 11.2 Å². The van der Waals surface area contributed by atoms with Gasteiger partial charge in [0.2, 0.25) is 5.91 Å². The Kier molecular flexibility index (Phi) is 11.2. The second kappa shape index (κ2) is 14.6. The molecule has 0 bridgehead atoms. The van der Waals surface area contributed by atoms with Crippen molar-refractivity contribution in [1.29, 1.82) is 0 Å². The molecule has 1 saturated carbocycles. The first-order valence-electron chi connectivity index (χ1n) is 14.4. The fraction of sp³-hybridized carbons (Fsp3) is 0.562. The number of hydrogen-bond acceptors (Lipinski definition) is 6. The summed E-state index contributed by atoms with van der Waals surface area (Å²) in [5.41, 5.74) is 5.37. The number of likely N-dealkylation sites (N-methyl/N-ethyl adjacent to an activating group) is 1. The van der Waals surface area contributed by atoms with E-state index < -0.39 is 30.5 Å². The van der Waals surface area contributed by atoms with Crippen LogP contribution in [0.5, 0.6) is 0 Å². The van der Waals surface area contributed by atoms with Crippen LogP contribution < -0.4 is 5.32 Å². The second-order valence-electron chi connectivity index (χ2n) is 11.4. The summed E-state index contributed by atoms with van der Waals surface area (Å²) in [6.07, 6.45) is 2.12. The molecule has 1 aliphatic heterocycles. The SMILES string of the molecule is CS#CC1O[C@@H](c2ccc(C)c(Cc3ccc(CCCC(=O)NCCN(C)CC4CC4)cc3)c2)[C@H](O)[C@@H](O)[C@@H]1O. The van der Waals surface area contributed by atoms with Crippen LogP contribution in [0, 0.1) is 18.0 Å². The summed E-state index contributed by atoms with van der Waals surface area (Å²) < 4.78 is 5.95. The summed E-state index contributed by atoms with van der Waals surface area (Å²) in [4.78, 5) is 14.5. The van der Waals surface area contributed by atoms with E-state index in [0.29, 0.717) is 13.0 Å². The number of hydrogen-bond donors (Lipinski definition) is 4. The van der Waals surface area contributed by atoms with Gasteiger partial charge in [0.25, 0.3) is 0 Å². The third kappa shape index (κ3) is 8.60. The summed E-state index contributed by atoms with van der Waals surface area (Å²) in [6.45, 7) is 4.81. The Bertz CT molecular complexity index is 1190. The van der Waals surface area contributed by atoms with Crippen LogP contribution in [0.1, 0.15) is 59.6 Å². The number of aryl methyl sites for hydroxylation is 2. The number of amides is 1. The van der Waals surface area contributed by atoms with Gasteiger partial charge in [-0.1, -0.05) is 47.6 Å². The molecule has 4 rings (SSSR count). The molecular formula is C32H44N2O5S. The van der Waals surface area contributed by atoms with E-state index in [0.717, 1.165) is 55.0 Å². The van der Waals surface area contributed by atoms with Crippen LogP contribution >= 0.6 is 11.2 Å². The number of aliphatic hydroxyl groups excluding tert-OH is 3. The molecule has 5 atom stereocenters. The number of aliphatic hydroxyl groups is 3. The first-order chi connectivity index (χ1) is 19.2. The molecule has 218 valence electrons. The summed E-state index contributed by atoms with van der Waals surface area (Å²) in [6, 6.07) is 14.4. The maximum Gasteiger partial charge on any atom is 0.220 e. The van der Waals surface area contributed by atoms with E-state index in [-0.39, 0.29) is 5.91 Å². The van der Waals surface area contributed by atoms with Crippen molar-refractivity contribution < 1.29 is 24.9 Å². The third-order valence-electron chi connectivity index (χ3n) is 7.92. The zero-order valence-electron chi connectivity index (χ0n) is 23.9. The first kappa shape index (κ1) is 30.7. The topological polar surface area (TPSA) is 102 Å². The Morgan fingerprint density at radius 3 is 2.50 bits per heavy atom. The summed E-state index contributed by atoms with van der Waals surface area (Å²) in [5.74, 6) is 0.990. The predicted octanol–water partition coefficient (Wildman–Crippen LogP) is 3.21. The number of carbonyl (C=O) groups excluding carboxylic acids is 1. The lowest BCUT2D eigenvalue weighted by molar-refractivity contribution is -0.209. The van der Waals surface area contributed by atoms with Crippen molar-refractivity contribution in [3.05, 3.63) is 70.3 Å². The highest BCUT2D eigenvalue weighted by Gasteiger charge is 2.43. The molecule has 0 aromatic heterocycles. The summed E-state index contributed by atoms with van der Waals surface area (Å²) in [5, 5.41) is 37.3. The average molecular weight is 569 g/mol. The minimum Gasteiger partial charge on any atom is -0.387 e. The maximum atomic E-state index is 12.2. The zero-order valence-corrected chi connectivity index (χ0v) is 24.7. The maximum absolute atomic E-state index is 12.2. The minimum atomic E-state index is -1.31. The molecule has 0 spiro atoms. The molecule has 2 aliphatic rings. The standard InChI is InChI=1S/C32H44N2O5S/c1-21-7-14-25(32-31(38)30(37)29(36)27(39-32)20-40-3)18-26(21)17-23-10-8-22(9-11-23)5-4-6-28(35)33-15-16-34(2)19-24-12-13-24/h7-11,14,18,24,27,29-32,36-38H,4-6,12-13,15-17,19H2,1-3H3,(H,33,35)/t27?,29-,30+,31-,32+/m1/s1. The van der Waals surface area contributed by atoms with Crippen molar-refractivity contribution in [2.45, 2.75) is 76.0 Å². The van der Waals surface area contributed by atoms with Gasteiger partial charge in [-0.3, -0.25) is 4.79 Å². The van der Waals surface area contributed by atoms with E-state index in [1.807, 2.05) is 24.5 Å². The van der Waals surface area contributed by atoms with Crippen molar-refractivity contribution in [3.63, 3.8) is 0 Å². The van der Waals surface area contributed by atoms with E-state index in [2.05, 4.69) is 53.6 Å². The molecule has 1 aliphatic carbocycles. The van der Waals surface area contributed by atoms with Crippen molar-refractivity contribution >= 4 is 17.1 Å². The molecule has 2 fully saturated rings. The van der Waals surface area contributed by atoms with Gasteiger partial charge in [0.05, 0.1) is 0 Å². The second-order valence-corrected chi connectivity index (χ2v) is 12.0. The molecule has 1 saturated heterocycles. The molecule has 0 radical (unpaired) electrons. The molecule has 40 heavy (non-hydrogen) atoms. The van der Waals surface area contributed by atoms with Crippen molar-refractivity contribution in [2.24, 2.45) is 5.92 Å². The lowest BCUT2D eigenvalue weighted by atomic mass is 9.89. The van der Waals surface area contributed by atoms with E-state index in [4.69, 9.17) is 4.74 Å². The smallest absolute Gasteiger partial charge is 0.220 e. The molecule has 1 unspecified atom stereocenters. The van der Waals surface area contributed by atoms with Gasteiger partial charge in [0, 0.05) is 32.3 Å². The Hall–Kier alpha value is -2.29. The molecule has 2 aromatic carbocycles. The highest BCUT2D eigenvalue weighted by molar-refractivity contribution is 7.87. The Labute approximate surface area is 242 Å². The quantitative estimate of drug-likeness (QED) is 0.314. The van der Waals surface area contributed by atoms with Crippen LogP contribution in [0.3, 0.4) is 0 Å². The summed E-state index contributed by atoms with van der Waals surface area (Å²) in [7, 11) is 2.12. The lowest BCUT2D eigenvalue weighted by Gasteiger charge is -2.39. The fourth-order valence-electron chi connectivity index (χ4n) is 5.23. The number of ether oxygens (including phenoxy) is 1. The van der Waals surface area contributed by atoms with E-state index in [1.165, 1.54) is 35.1 Å². The number of rotatable bonds is 12. The molecule has 4 N–H and O–H groups in total.